The molecule has 0 aromatic heterocycles. The molecule has 0 bridgehead atoms. The SMILES string of the molecule is CC(C)NCc1cccc(CN(C)C2CCCCC2)c1. The Labute approximate surface area is 124 Å². The van der Waals surface area contributed by atoms with Crippen LogP contribution in [0.15, 0.2) is 24.3 Å². The van der Waals surface area contributed by atoms with Gasteiger partial charge in [0.05, 0.1) is 0 Å². The third-order valence-electron chi connectivity index (χ3n) is 4.34. The van der Waals surface area contributed by atoms with Crippen LogP contribution in [0.4, 0.5) is 0 Å². The molecule has 1 aromatic rings. The van der Waals surface area contributed by atoms with Gasteiger partial charge in [0.2, 0.25) is 0 Å². The third kappa shape index (κ3) is 4.92. The molecule has 0 radical (unpaired) electrons. The maximum Gasteiger partial charge on any atom is 0.0233 e. The summed E-state index contributed by atoms with van der Waals surface area (Å²) in [6.45, 7) is 6.44. The second-order valence-electron chi connectivity index (χ2n) is 6.56. The lowest BCUT2D eigenvalue weighted by Gasteiger charge is -2.31. The Morgan fingerprint density at radius 3 is 2.55 bits per heavy atom. The van der Waals surface area contributed by atoms with Crippen LogP contribution in [0, 0.1) is 0 Å². The summed E-state index contributed by atoms with van der Waals surface area (Å²) in [6.07, 6.45) is 7.01. The molecule has 1 saturated carbocycles. The molecule has 0 spiro atoms. The van der Waals surface area contributed by atoms with Gasteiger partial charge >= 0.3 is 0 Å². The normalized spacial score (nSPS) is 17.1. The lowest BCUT2D eigenvalue weighted by molar-refractivity contribution is 0.184. The van der Waals surface area contributed by atoms with Crippen LogP contribution in [-0.2, 0) is 13.1 Å². The summed E-state index contributed by atoms with van der Waals surface area (Å²) in [6, 6.07) is 10.4. The van der Waals surface area contributed by atoms with Gasteiger partial charge in [-0.05, 0) is 31.0 Å². The van der Waals surface area contributed by atoms with Crippen molar-refractivity contribution < 1.29 is 0 Å². The van der Waals surface area contributed by atoms with Crippen molar-refractivity contribution in [2.45, 2.75) is 71.1 Å². The van der Waals surface area contributed by atoms with Crippen LogP contribution >= 0.6 is 0 Å². The van der Waals surface area contributed by atoms with Crippen LogP contribution in [0.1, 0.15) is 57.1 Å². The molecule has 2 heteroatoms. The zero-order valence-electron chi connectivity index (χ0n) is 13.4. The average molecular weight is 274 g/mol. The first-order valence-corrected chi connectivity index (χ1v) is 8.16. The van der Waals surface area contributed by atoms with Crippen LogP contribution in [0.2, 0.25) is 0 Å². The standard InChI is InChI=1S/C18H30N2/c1-15(2)19-13-16-8-7-9-17(12-16)14-20(3)18-10-5-4-6-11-18/h7-9,12,15,18-19H,4-6,10-11,13-14H2,1-3H3. The molecule has 1 aliphatic carbocycles. The zero-order valence-corrected chi connectivity index (χ0v) is 13.4. The van der Waals surface area contributed by atoms with Crippen molar-refractivity contribution in [3.63, 3.8) is 0 Å². The second-order valence-corrected chi connectivity index (χ2v) is 6.56. The minimum atomic E-state index is 0.545. The van der Waals surface area contributed by atoms with E-state index in [0.29, 0.717) is 6.04 Å². The number of nitrogens with one attached hydrogen (secondary N) is 1. The Morgan fingerprint density at radius 2 is 1.85 bits per heavy atom. The van der Waals surface area contributed by atoms with Crippen LogP contribution in [0.3, 0.4) is 0 Å². The molecule has 2 rings (SSSR count). The molecule has 1 aromatic carbocycles. The quantitative estimate of drug-likeness (QED) is 0.845. The molecule has 1 fully saturated rings. The van der Waals surface area contributed by atoms with Gasteiger partial charge in [0.1, 0.15) is 0 Å². The van der Waals surface area contributed by atoms with E-state index in [9.17, 15) is 0 Å². The van der Waals surface area contributed by atoms with Gasteiger partial charge in [-0.25, -0.2) is 0 Å². The first-order valence-electron chi connectivity index (χ1n) is 8.16. The first-order chi connectivity index (χ1) is 9.65. The Balaban J connectivity index is 1.89. The van der Waals surface area contributed by atoms with Gasteiger partial charge in [-0.15, -0.1) is 0 Å². The largest absolute Gasteiger partial charge is 0.310 e. The summed E-state index contributed by atoms with van der Waals surface area (Å²) in [7, 11) is 2.29. The van der Waals surface area contributed by atoms with Crippen molar-refractivity contribution in [1.29, 1.82) is 0 Å². The summed E-state index contributed by atoms with van der Waals surface area (Å²) in [5, 5.41) is 3.49. The van der Waals surface area contributed by atoms with E-state index >= 15 is 0 Å². The van der Waals surface area contributed by atoms with Crippen molar-refractivity contribution in [2.24, 2.45) is 0 Å². The maximum atomic E-state index is 3.49. The van der Waals surface area contributed by atoms with E-state index in [1.807, 2.05) is 0 Å². The summed E-state index contributed by atoms with van der Waals surface area (Å²) in [4.78, 5) is 2.55. The highest BCUT2D eigenvalue weighted by molar-refractivity contribution is 5.23. The van der Waals surface area contributed by atoms with Crippen molar-refractivity contribution in [1.82, 2.24) is 10.2 Å². The highest BCUT2D eigenvalue weighted by atomic mass is 15.1. The highest BCUT2D eigenvalue weighted by Gasteiger charge is 2.17. The Hall–Kier alpha value is -0.860. The van der Waals surface area contributed by atoms with Crippen molar-refractivity contribution >= 4 is 0 Å². The minimum Gasteiger partial charge on any atom is -0.310 e. The van der Waals surface area contributed by atoms with Gasteiger partial charge in [0, 0.05) is 25.2 Å². The number of rotatable bonds is 6. The fourth-order valence-corrected chi connectivity index (χ4v) is 3.10. The molecular formula is C18H30N2. The highest BCUT2D eigenvalue weighted by Crippen LogP contribution is 2.23. The molecule has 112 valence electrons. The summed E-state index contributed by atoms with van der Waals surface area (Å²) in [5.41, 5.74) is 2.84. The van der Waals surface area contributed by atoms with E-state index in [0.717, 1.165) is 19.1 Å². The number of nitrogens with zero attached hydrogens (tertiary/aromatic N) is 1. The molecule has 0 unspecified atom stereocenters. The van der Waals surface area contributed by atoms with Crippen LogP contribution < -0.4 is 5.32 Å². The predicted molar refractivity (Wildman–Crippen MR) is 86.8 cm³/mol. The van der Waals surface area contributed by atoms with E-state index in [1.54, 1.807) is 0 Å². The molecule has 1 aliphatic rings. The smallest absolute Gasteiger partial charge is 0.0233 e. The van der Waals surface area contributed by atoms with E-state index in [1.165, 1.54) is 43.2 Å². The van der Waals surface area contributed by atoms with Crippen LogP contribution in [-0.4, -0.2) is 24.0 Å². The predicted octanol–water partition coefficient (Wildman–Crippen LogP) is 3.95. The van der Waals surface area contributed by atoms with Crippen molar-refractivity contribution in [3.8, 4) is 0 Å². The fourth-order valence-electron chi connectivity index (χ4n) is 3.10. The minimum absolute atomic E-state index is 0.545. The van der Waals surface area contributed by atoms with E-state index < -0.39 is 0 Å². The van der Waals surface area contributed by atoms with Gasteiger partial charge in [0.25, 0.3) is 0 Å². The van der Waals surface area contributed by atoms with Gasteiger partial charge in [-0.2, -0.15) is 0 Å². The molecule has 0 saturated heterocycles. The number of hydrogen-bond acceptors (Lipinski definition) is 2. The van der Waals surface area contributed by atoms with Gasteiger partial charge < -0.3 is 5.32 Å². The number of benzene rings is 1. The third-order valence-corrected chi connectivity index (χ3v) is 4.34. The summed E-state index contributed by atoms with van der Waals surface area (Å²) < 4.78 is 0. The van der Waals surface area contributed by atoms with Crippen molar-refractivity contribution in [3.05, 3.63) is 35.4 Å². The summed E-state index contributed by atoms with van der Waals surface area (Å²) >= 11 is 0. The Bertz CT molecular complexity index is 394. The van der Waals surface area contributed by atoms with E-state index in [4.69, 9.17) is 0 Å². The molecular weight excluding hydrogens is 244 g/mol. The Morgan fingerprint density at radius 1 is 1.15 bits per heavy atom. The molecule has 2 nitrogen and oxygen atoms in total. The molecule has 20 heavy (non-hydrogen) atoms. The first kappa shape index (κ1) is 15.5. The van der Waals surface area contributed by atoms with Crippen LogP contribution in [0.25, 0.3) is 0 Å². The lowest BCUT2D eigenvalue weighted by atomic mass is 9.94. The topological polar surface area (TPSA) is 15.3 Å². The van der Waals surface area contributed by atoms with E-state index in [2.05, 4.69) is 55.4 Å². The van der Waals surface area contributed by atoms with Crippen molar-refractivity contribution in [2.75, 3.05) is 7.05 Å². The van der Waals surface area contributed by atoms with Gasteiger partial charge in [-0.1, -0.05) is 57.4 Å². The fraction of sp³-hybridized carbons (Fsp3) is 0.667. The zero-order chi connectivity index (χ0) is 14.4. The van der Waals surface area contributed by atoms with Gasteiger partial charge in [0.15, 0.2) is 0 Å². The van der Waals surface area contributed by atoms with Gasteiger partial charge in [-0.3, -0.25) is 4.90 Å². The monoisotopic (exact) mass is 274 g/mol. The number of hydrogen-bond donors (Lipinski definition) is 1. The molecule has 0 heterocycles. The molecule has 0 atom stereocenters. The molecule has 1 N–H and O–H groups in total. The average Bonchev–Trinajstić information content (AvgIpc) is 2.46. The molecule has 0 aliphatic heterocycles. The lowest BCUT2D eigenvalue weighted by Crippen LogP contribution is -2.32. The van der Waals surface area contributed by atoms with Crippen LogP contribution in [0.5, 0.6) is 0 Å². The summed E-state index contributed by atoms with van der Waals surface area (Å²) in [5.74, 6) is 0. The van der Waals surface area contributed by atoms with E-state index in [-0.39, 0.29) is 0 Å². The maximum absolute atomic E-state index is 3.49. The molecule has 0 amide bonds. The second kappa shape index (κ2) is 7.80. The Kier molecular flexibility index (Phi) is 6.06.